The third-order valence-corrected chi connectivity index (χ3v) is 3.78. The molecule has 0 aliphatic rings. The zero-order valence-corrected chi connectivity index (χ0v) is 15.6. The van der Waals surface area contributed by atoms with Crippen LogP contribution < -0.4 is 10.2 Å². The van der Waals surface area contributed by atoms with E-state index in [1.807, 2.05) is 0 Å². The van der Waals surface area contributed by atoms with E-state index in [1.165, 1.54) is 38.4 Å². The Morgan fingerprint density at radius 2 is 2.00 bits per heavy atom. The highest BCUT2D eigenvalue weighted by atomic mass is 16.6. The van der Waals surface area contributed by atoms with Crippen LogP contribution in [0.25, 0.3) is 0 Å². The molecule has 0 fully saturated rings. The van der Waals surface area contributed by atoms with Crippen LogP contribution in [-0.2, 0) is 16.1 Å². The fourth-order valence-electron chi connectivity index (χ4n) is 2.35. The van der Waals surface area contributed by atoms with Crippen LogP contribution in [0.1, 0.15) is 34.0 Å². The highest BCUT2D eigenvalue weighted by molar-refractivity contribution is 5.95. The number of methoxy groups -OCH3 is 1. The monoisotopic (exact) mass is 385 g/mol. The second kappa shape index (κ2) is 9.26. The molecule has 1 N–H and O–H groups in total. The molecule has 0 saturated carbocycles. The molecule has 0 bridgehead atoms. The molecule has 9 heteroatoms. The summed E-state index contributed by atoms with van der Waals surface area (Å²) in [5.41, 5.74) is 4.05. The van der Waals surface area contributed by atoms with Gasteiger partial charge >= 0.3 is 5.97 Å². The molecule has 2 aromatic carbocycles. The van der Waals surface area contributed by atoms with E-state index >= 15 is 0 Å². The molecule has 1 amide bonds. The second-order valence-corrected chi connectivity index (χ2v) is 5.81. The van der Waals surface area contributed by atoms with Crippen molar-refractivity contribution in [1.82, 2.24) is 5.43 Å². The molecule has 0 aliphatic heterocycles. The number of nitro benzene ring substituents is 1. The van der Waals surface area contributed by atoms with Crippen molar-refractivity contribution >= 4 is 23.8 Å². The number of ether oxygens (including phenoxy) is 2. The summed E-state index contributed by atoms with van der Waals surface area (Å²) in [7, 11) is 1.50. The first-order valence-corrected chi connectivity index (χ1v) is 8.20. The first-order chi connectivity index (χ1) is 13.3. The third-order valence-electron chi connectivity index (χ3n) is 3.78. The number of rotatable bonds is 7. The summed E-state index contributed by atoms with van der Waals surface area (Å²) in [6, 6.07) is 9.28. The van der Waals surface area contributed by atoms with E-state index in [2.05, 4.69) is 10.5 Å². The molecule has 0 heterocycles. The van der Waals surface area contributed by atoms with Crippen molar-refractivity contribution in [2.75, 3.05) is 7.11 Å². The van der Waals surface area contributed by atoms with Crippen molar-refractivity contribution in [2.45, 2.75) is 20.5 Å². The number of carbonyl (C=O) groups excluding carboxylic acids is 2. The summed E-state index contributed by atoms with van der Waals surface area (Å²) in [6.07, 6.45) is 1.40. The van der Waals surface area contributed by atoms with Gasteiger partial charge < -0.3 is 9.47 Å². The molecule has 0 saturated heterocycles. The number of hydrogen-bond acceptors (Lipinski definition) is 7. The quantitative estimate of drug-likeness (QED) is 0.339. The van der Waals surface area contributed by atoms with E-state index in [0.29, 0.717) is 22.4 Å². The molecule has 0 unspecified atom stereocenters. The summed E-state index contributed by atoms with van der Waals surface area (Å²) in [4.78, 5) is 33.6. The van der Waals surface area contributed by atoms with Crippen molar-refractivity contribution < 1.29 is 24.0 Å². The standard InChI is InChI=1S/C19H19N3O6/c1-12-4-6-15(9-17(12)22(25)26)19(24)21-20-10-14-5-7-18(27-3)16(8-14)11-28-13(2)23/h4-10H,11H2,1-3H3,(H,21,24). The number of aryl methyl sites for hydroxylation is 1. The van der Waals surface area contributed by atoms with Gasteiger partial charge in [-0.3, -0.25) is 19.7 Å². The van der Waals surface area contributed by atoms with Crippen LogP contribution in [0.3, 0.4) is 0 Å². The van der Waals surface area contributed by atoms with E-state index in [-0.39, 0.29) is 17.9 Å². The highest BCUT2D eigenvalue weighted by Gasteiger charge is 2.14. The van der Waals surface area contributed by atoms with Gasteiger partial charge in [0, 0.05) is 29.7 Å². The molecule has 0 aliphatic carbocycles. The van der Waals surface area contributed by atoms with Crippen LogP contribution in [0, 0.1) is 17.0 Å². The first-order valence-electron chi connectivity index (χ1n) is 8.20. The van der Waals surface area contributed by atoms with E-state index in [9.17, 15) is 19.7 Å². The van der Waals surface area contributed by atoms with Gasteiger partial charge in [0.15, 0.2) is 0 Å². The maximum atomic E-state index is 12.1. The maximum Gasteiger partial charge on any atom is 0.302 e. The lowest BCUT2D eigenvalue weighted by Crippen LogP contribution is -2.17. The number of amides is 1. The Labute approximate surface area is 161 Å². The van der Waals surface area contributed by atoms with Crippen LogP contribution in [0.5, 0.6) is 5.75 Å². The Bertz CT molecular complexity index is 939. The fraction of sp³-hybridized carbons (Fsp3) is 0.211. The van der Waals surface area contributed by atoms with Gasteiger partial charge in [0.25, 0.3) is 11.6 Å². The van der Waals surface area contributed by atoms with Crippen molar-refractivity contribution in [3.8, 4) is 5.75 Å². The molecular weight excluding hydrogens is 366 g/mol. The molecule has 2 aromatic rings. The van der Waals surface area contributed by atoms with Gasteiger partial charge in [0.05, 0.1) is 18.2 Å². The minimum Gasteiger partial charge on any atom is -0.496 e. The van der Waals surface area contributed by atoms with Gasteiger partial charge in [-0.1, -0.05) is 6.07 Å². The summed E-state index contributed by atoms with van der Waals surface area (Å²) in [6.45, 7) is 2.94. The Kier molecular flexibility index (Phi) is 6.80. The van der Waals surface area contributed by atoms with Crippen molar-refractivity contribution in [3.63, 3.8) is 0 Å². The SMILES string of the molecule is COc1ccc(C=NNC(=O)c2ccc(C)c([N+](=O)[O-])c2)cc1COC(C)=O. The molecular formula is C19H19N3O6. The van der Waals surface area contributed by atoms with Crippen molar-refractivity contribution in [3.05, 3.63) is 68.8 Å². The Morgan fingerprint density at radius 3 is 2.64 bits per heavy atom. The molecule has 146 valence electrons. The summed E-state index contributed by atoms with van der Waals surface area (Å²) in [5, 5.41) is 14.8. The average molecular weight is 385 g/mol. The third kappa shape index (κ3) is 5.37. The molecule has 0 radical (unpaired) electrons. The summed E-state index contributed by atoms with van der Waals surface area (Å²) in [5.74, 6) is -0.442. The molecule has 0 aromatic heterocycles. The lowest BCUT2D eigenvalue weighted by Gasteiger charge is -2.09. The van der Waals surface area contributed by atoms with Crippen LogP contribution in [0.15, 0.2) is 41.5 Å². The minimum atomic E-state index is -0.576. The number of hydrogen-bond donors (Lipinski definition) is 1. The van der Waals surface area contributed by atoms with Crippen molar-refractivity contribution in [1.29, 1.82) is 0 Å². The van der Waals surface area contributed by atoms with Gasteiger partial charge in [0.2, 0.25) is 0 Å². The van der Waals surface area contributed by atoms with E-state index < -0.39 is 16.8 Å². The van der Waals surface area contributed by atoms with Crippen LogP contribution in [0.2, 0.25) is 0 Å². The van der Waals surface area contributed by atoms with Gasteiger partial charge in [-0.25, -0.2) is 5.43 Å². The largest absolute Gasteiger partial charge is 0.496 e. The molecule has 0 atom stereocenters. The number of esters is 1. The predicted molar refractivity (Wildman–Crippen MR) is 101 cm³/mol. The second-order valence-electron chi connectivity index (χ2n) is 5.81. The van der Waals surface area contributed by atoms with Crippen LogP contribution in [-0.4, -0.2) is 30.1 Å². The van der Waals surface area contributed by atoms with Gasteiger partial charge in [0.1, 0.15) is 12.4 Å². The topological polar surface area (TPSA) is 120 Å². The predicted octanol–water partition coefficient (Wildman–Crippen LogP) is 2.74. The fourth-order valence-corrected chi connectivity index (χ4v) is 2.35. The highest BCUT2D eigenvalue weighted by Crippen LogP contribution is 2.21. The first kappa shape index (κ1) is 20.6. The Morgan fingerprint density at radius 1 is 1.25 bits per heavy atom. The lowest BCUT2D eigenvalue weighted by atomic mass is 10.1. The molecule has 28 heavy (non-hydrogen) atoms. The van der Waals surface area contributed by atoms with E-state index in [0.717, 1.165) is 0 Å². The van der Waals surface area contributed by atoms with Gasteiger partial charge in [-0.2, -0.15) is 5.10 Å². The lowest BCUT2D eigenvalue weighted by molar-refractivity contribution is -0.385. The molecule has 2 rings (SSSR count). The summed E-state index contributed by atoms with van der Waals surface area (Å²) >= 11 is 0. The number of hydrazone groups is 1. The Hall–Kier alpha value is -3.75. The number of nitrogens with one attached hydrogen (secondary N) is 1. The van der Waals surface area contributed by atoms with Crippen LogP contribution in [0.4, 0.5) is 5.69 Å². The normalized spacial score (nSPS) is 10.5. The minimum absolute atomic E-state index is 0.0412. The van der Waals surface area contributed by atoms with Crippen molar-refractivity contribution in [2.24, 2.45) is 5.10 Å². The Balaban J connectivity index is 2.10. The molecule has 0 spiro atoms. The summed E-state index contributed by atoms with van der Waals surface area (Å²) < 4.78 is 10.2. The zero-order valence-electron chi connectivity index (χ0n) is 15.6. The number of benzene rings is 2. The van der Waals surface area contributed by atoms with Gasteiger partial charge in [-0.05, 0) is 36.8 Å². The maximum absolute atomic E-state index is 12.1. The number of carbonyl (C=O) groups is 2. The van der Waals surface area contributed by atoms with Gasteiger partial charge in [-0.15, -0.1) is 0 Å². The van der Waals surface area contributed by atoms with Crippen LogP contribution >= 0.6 is 0 Å². The average Bonchev–Trinajstić information content (AvgIpc) is 2.66. The van der Waals surface area contributed by atoms with E-state index in [1.54, 1.807) is 25.1 Å². The van der Waals surface area contributed by atoms with E-state index in [4.69, 9.17) is 9.47 Å². The smallest absolute Gasteiger partial charge is 0.302 e. The number of nitrogens with zero attached hydrogens (tertiary/aromatic N) is 2. The molecule has 9 nitrogen and oxygen atoms in total. The zero-order chi connectivity index (χ0) is 20.7. The number of nitro groups is 1.